The maximum Gasteiger partial charge on any atom is 0.325 e. The highest BCUT2D eigenvalue weighted by atomic mass is 35.5. The molecule has 158 valence electrons. The quantitative estimate of drug-likeness (QED) is 0.682. The van der Waals surface area contributed by atoms with E-state index in [0.29, 0.717) is 6.42 Å². The molecule has 1 saturated carbocycles. The summed E-state index contributed by atoms with van der Waals surface area (Å²) in [6, 6.07) is 3.47. The molecule has 0 unspecified atom stereocenters. The molecule has 4 amide bonds. The lowest BCUT2D eigenvalue weighted by Crippen LogP contribution is -2.54. The first-order valence-corrected chi connectivity index (χ1v) is 11.6. The molecule has 29 heavy (non-hydrogen) atoms. The van der Waals surface area contributed by atoms with Gasteiger partial charge in [-0.15, -0.1) is 0 Å². The van der Waals surface area contributed by atoms with Crippen LogP contribution in [0.25, 0.3) is 0 Å². The number of amides is 4. The summed E-state index contributed by atoms with van der Waals surface area (Å²) < 4.78 is 24.6. The molecule has 1 saturated heterocycles. The van der Waals surface area contributed by atoms with E-state index >= 15 is 0 Å². The summed E-state index contributed by atoms with van der Waals surface area (Å²) in [5.74, 6) is -1.25. The number of benzene rings is 1. The van der Waals surface area contributed by atoms with E-state index in [1.54, 1.807) is 0 Å². The average Bonchev–Trinajstić information content (AvgIpc) is 2.89. The van der Waals surface area contributed by atoms with Crippen molar-refractivity contribution in [3.63, 3.8) is 0 Å². The second kappa shape index (κ2) is 7.95. The Morgan fingerprint density at radius 2 is 2.07 bits per heavy atom. The van der Waals surface area contributed by atoms with Gasteiger partial charge in [-0.1, -0.05) is 38.3 Å². The summed E-state index contributed by atoms with van der Waals surface area (Å²) in [4.78, 5) is 38.8. The normalized spacial score (nSPS) is 24.7. The van der Waals surface area contributed by atoms with Crippen molar-refractivity contribution >= 4 is 45.0 Å². The molecule has 1 aromatic rings. The van der Waals surface area contributed by atoms with E-state index in [4.69, 9.17) is 11.6 Å². The largest absolute Gasteiger partial charge is 0.325 e. The molecule has 1 aliphatic carbocycles. The zero-order chi connectivity index (χ0) is 21.4. The summed E-state index contributed by atoms with van der Waals surface area (Å²) in [7, 11) is -3.60. The number of carbonyl (C=O) groups is 3. The number of halogens is 1. The van der Waals surface area contributed by atoms with E-state index in [9.17, 15) is 22.8 Å². The van der Waals surface area contributed by atoms with Gasteiger partial charge in [-0.25, -0.2) is 13.2 Å². The lowest BCUT2D eigenvalue weighted by atomic mass is 9.73. The third kappa shape index (κ3) is 3.98. The summed E-state index contributed by atoms with van der Waals surface area (Å²) in [6.45, 7) is 2.92. The standard InChI is InChI=1S/C19H24ClN3O5S/c1-3-29(27,28)15-8-7-13(20)10-14(15)21-16(24)11-23-17(25)19(22-18(23)26)9-5-4-6-12(19)2/h7-8,10,12H,3-6,9,11H2,1-2H3,(H,21,24)(H,22,26)/t12-,19+/m1/s1. The fraction of sp³-hybridized carbons (Fsp3) is 0.526. The second-order valence-electron chi connectivity index (χ2n) is 7.53. The van der Waals surface area contributed by atoms with Crippen LogP contribution in [0.4, 0.5) is 10.5 Å². The van der Waals surface area contributed by atoms with Crippen LogP contribution in [0.1, 0.15) is 39.5 Å². The van der Waals surface area contributed by atoms with Crippen molar-refractivity contribution in [2.45, 2.75) is 50.0 Å². The van der Waals surface area contributed by atoms with Crippen molar-refractivity contribution in [1.82, 2.24) is 10.2 Å². The summed E-state index contributed by atoms with van der Waals surface area (Å²) in [5.41, 5.74) is -0.931. The van der Waals surface area contributed by atoms with Gasteiger partial charge >= 0.3 is 6.03 Å². The molecule has 2 fully saturated rings. The van der Waals surface area contributed by atoms with Gasteiger partial charge in [0.25, 0.3) is 5.91 Å². The van der Waals surface area contributed by atoms with E-state index in [0.717, 1.165) is 24.2 Å². The predicted molar refractivity (Wildman–Crippen MR) is 108 cm³/mol. The number of hydrogen-bond donors (Lipinski definition) is 2. The number of carbonyl (C=O) groups excluding carboxylic acids is 3. The fourth-order valence-electron chi connectivity index (χ4n) is 4.00. The second-order valence-corrected chi connectivity index (χ2v) is 10.2. The van der Waals surface area contributed by atoms with Gasteiger partial charge in [-0.3, -0.25) is 14.5 Å². The number of sulfone groups is 1. The van der Waals surface area contributed by atoms with Crippen molar-refractivity contribution in [1.29, 1.82) is 0 Å². The van der Waals surface area contributed by atoms with Gasteiger partial charge in [0.15, 0.2) is 9.84 Å². The van der Waals surface area contributed by atoms with Crippen LogP contribution in [-0.4, -0.2) is 49.0 Å². The first-order chi connectivity index (χ1) is 13.6. The highest BCUT2D eigenvalue weighted by molar-refractivity contribution is 7.91. The molecule has 1 heterocycles. The minimum Gasteiger partial charge on any atom is -0.323 e. The van der Waals surface area contributed by atoms with Crippen LogP contribution in [0, 0.1) is 5.92 Å². The Bertz CT molecular complexity index is 965. The van der Waals surface area contributed by atoms with Gasteiger partial charge in [-0.2, -0.15) is 0 Å². The first-order valence-electron chi connectivity index (χ1n) is 9.57. The molecule has 3 rings (SSSR count). The van der Waals surface area contributed by atoms with Crippen molar-refractivity contribution in [2.75, 3.05) is 17.6 Å². The van der Waals surface area contributed by atoms with Crippen LogP contribution < -0.4 is 10.6 Å². The van der Waals surface area contributed by atoms with Gasteiger partial charge in [-0.05, 0) is 37.0 Å². The van der Waals surface area contributed by atoms with Crippen LogP contribution in [0.2, 0.25) is 5.02 Å². The van der Waals surface area contributed by atoms with Crippen LogP contribution in [0.3, 0.4) is 0 Å². The Morgan fingerprint density at radius 1 is 1.34 bits per heavy atom. The van der Waals surface area contributed by atoms with Gasteiger partial charge in [0.05, 0.1) is 16.3 Å². The number of anilines is 1. The lowest BCUT2D eigenvalue weighted by Gasteiger charge is -2.36. The summed E-state index contributed by atoms with van der Waals surface area (Å²) >= 11 is 5.95. The van der Waals surface area contributed by atoms with Crippen molar-refractivity contribution < 1.29 is 22.8 Å². The Hall–Kier alpha value is -2.13. The molecule has 8 nitrogen and oxygen atoms in total. The summed E-state index contributed by atoms with van der Waals surface area (Å²) in [5, 5.41) is 5.52. The number of nitrogens with zero attached hydrogens (tertiary/aromatic N) is 1. The number of imide groups is 1. The molecule has 0 radical (unpaired) electrons. The Balaban J connectivity index is 1.79. The average molecular weight is 442 g/mol. The molecule has 0 aromatic heterocycles. The minimum absolute atomic E-state index is 0.0185. The van der Waals surface area contributed by atoms with Gasteiger partial charge in [0.1, 0.15) is 12.1 Å². The monoisotopic (exact) mass is 441 g/mol. The molecule has 0 bridgehead atoms. The number of rotatable bonds is 5. The maximum atomic E-state index is 13.0. The third-order valence-corrected chi connectivity index (χ3v) is 7.76. The molecule has 1 aliphatic heterocycles. The third-order valence-electron chi connectivity index (χ3n) is 5.73. The van der Waals surface area contributed by atoms with Gasteiger partial charge < -0.3 is 10.6 Å². The predicted octanol–water partition coefficient (Wildman–Crippen LogP) is 2.57. The number of urea groups is 1. The lowest BCUT2D eigenvalue weighted by molar-refractivity contribution is -0.136. The van der Waals surface area contributed by atoms with E-state index < -0.39 is 39.8 Å². The molecule has 1 spiro atoms. The molecule has 10 heteroatoms. The van der Waals surface area contributed by atoms with Crippen molar-refractivity contribution in [3.8, 4) is 0 Å². The van der Waals surface area contributed by atoms with Crippen LogP contribution >= 0.6 is 11.6 Å². The van der Waals surface area contributed by atoms with Gasteiger partial charge in [0.2, 0.25) is 5.91 Å². The Morgan fingerprint density at radius 3 is 2.72 bits per heavy atom. The fourth-order valence-corrected chi connectivity index (χ4v) is 5.20. The first kappa shape index (κ1) is 21.6. The Kier molecular flexibility index (Phi) is 5.91. The SMILES string of the molecule is CCS(=O)(=O)c1ccc(Cl)cc1NC(=O)CN1C(=O)N[C@]2(CCCC[C@H]2C)C1=O. The zero-order valence-corrected chi connectivity index (χ0v) is 17.9. The van der Waals surface area contributed by atoms with Gasteiger partial charge in [0, 0.05) is 5.02 Å². The molecule has 1 aromatic carbocycles. The van der Waals surface area contributed by atoms with Crippen LogP contribution in [0.15, 0.2) is 23.1 Å². The summed E-state index contributed by atoms with van der Waals surface area (Å²) in [6.07, 6.45) is 3.20. The molecular formula is C19H24ClN3O5S. The van der Waals surface area contributed by atoms with E-state index in [1.807, 2.05) is 6.92 Å². The molecule has 2 N–H and O–H groups in total. The minimum atomic E-state index is -3.60. The van der Waals surface area contributed by atoms with E-state index in [1.165, 1.54) is 25.1 Å². The topological polar surface area (TPSA) is 113 Å². The van der Waals surface area contributed by atoms with E-state index in [-0.39, 0.29) is 27.3 Å². The van der Waals surface area contributed by atoms with E-state index in [2.05, 4.69) is 10.6 Å². The zero-order valence-electron chi connectivity index (χ0n) is 16.3. The number of nitrogens with one attached hydrogen (secondary N) is 2. The Labute approximate surface area is 174 Å². The van der Waals surface area contributed by atoms with Crippen LogP contribution in [-0.2, 0) is 19.4 Å². The molecule has 2 aliphatic rings. The molecular weight excluding hydrogens is 418 g/mol. The van der Waals surface area contributed by atoms with Crippen molar-refractivity contribution in [3.05, 3.63) is 23.2 Å². The number of hydrogen-bond acceptors (Lipinski definition) is 5. The smallest absolute Gasteiger partial charge is 0.323 e. The highest BCUT2D eigenvalue weighted by Crippen LogP contribution is 2.38. The maximum absolute atomic E-state index is 13.0. The van der Waals surface area contributed by atoms with Crippen molar-refractivity contribution in [2.24, 2.45) is 5.92 Å². The van der Waals surface area contributed by atoms with Crippen LogP contribution in [0.5, 0.6) is 0 Å². The molecule has 2 atom stereocenters. The highest BCUT2D eigenvalue weighted by Gasteiger charge is 2.55.